The first-order valence-electron chi connectivity index (χ1n) is 9.74. The van der Waals surface area contributed by atoms with Crippen molar-refractivity contribution in [2.24, 2.45) is 0 Å². The third kappa shape index (κ3) is 4.59. The number of ether oxygens (including phenoxy) is 1. The molecule has 0 N–H and O–H groups in total. The SMILES string of the molecule is CCOC(=O)C1=C(C)N(CC(=O)N2CCCC2)C(=O)CC1c1ccc(Cl)c(Cl)c1. The summed E-state index contributed by atoms with van der Waals surface area (Å²) >= 11 is 12.2. The van der Waals surface area contributed by atoms with Crippen molar-refractivity contribution >= 4 is 41.0 Å². The highest BCUT2D eigenvalue weighted by Gasteiger charge is 2.38. The molecule has 2 heterocycles. The number of hydrogen-bond donors (Lipinski definition) is 0. The van der Waals surface area contributed by atoms with Crippen molar-refractivity contribution in [3.8, 4) is 0 Å². The van der Waals surface area contributed by atoms with Crippen LogP contribution >= 0.6 is 23.2 Å². The van der Waals surface area contributed by atoms with Gasteiger partial charge in [0.15, 0.2) is 0 Å². The second kappa shape index (κ2) is 9.18. The number of allylic oxidation sites excluding steroid dienone is 1. The van der Waals surface area contributed by atoms with E-state index in [0.29, 0.717) is 40.0 Å². The van der Waals surface area contributed by atoms with Crippen LogP contribution in [-0.4, -0.2) is 53.8 Å². The van der Waals surface area contributed by atoms with Gasteiger partial charge in [-0.15, -0.1) is 0 Å². The molecule has 1 saturated heterocycles. The second-order valence-electron chi connectivity index (χ2n) is 7.22. The lowest BCUT2D eigenvalue weighted by molar-refractivity contribution is -0.142. The van der Waals surface area contributed by atoms with Gasteiger partial charge in [0, 0.05) is 31.1 Å². The van der Waals surface area contributed by atoms with Gasteiger partial charge >= 0.3 is 5.97 Å². The Morgan fingerprint density at radius 2 is 1.86 bits per heavy atom. The Morgan fingerprint density at radius 1 is 1.17 bits per heavy atom. The predicted octanol–water partition coefficient (Wildman–Crippen LogP) is 3.77. The van der Waals surface area contributed by atoms with Gasteiger partial charge in [0.25, 0.3) is 0 Å². The molecule has 0 saturated carbocycles. The summed E-state index contributed by atoms with van der Waals surface area (Å²) < 4.78 is 5.26. The fraction of sp³-hybridized carbons (Fsp3) is 0.476. The summed E-state index contributed by atoms with van der Waals surface area (Å²) in [4.78, 5) is 41.5. The van der Waals surface area contributed by atoms with Crippen LogP contribution in [0.2, 0.25) is 10.0 Å². The Bertz CT molecular complexity index is 862. The van der Waals surface area contributed by atoms with E-state index in [2.05, 4.69) is 0 Å². The van der Waals surface area contributed by atoms with E-state index >= 15 is 0 Å². The van der Waals surface area contributed by atoms with E-state index < -0.39 is 11.9 Å². The zero-order valence-electron chi connectivity index (χ0n) is 16.5. The van der Waals surface area contributed by atoms with Crippen LogP contribution in [-0.2, 0) is 19.1 Å². The molecule has 3 rings (SSSR count). The number of likely N-dealkylation sites (tertiary alicyclic amines) is 1. The van der Waals surface area contributed by atoms with Gasteiger partial charge in [-0.25, -0.2) is 4.79 Å². The molecule has 2 aliphatic heterocycles. The maximum atomic E-state index is 12.9. The maximum Gasteiger partial charge on any atom is 0.336 e. The van der Waals surface area contributed by atoms with Crippen molar-refractivity contribution in [1.29, 1.82) is 0 Å². The van der Waals surface area contributed by atoms with Crippen molar-refractivity contribution in [3.63, 3.8) is 0 Å². The van der Waals surface area contributed by atoms with Gasteiger partial charge in [-0.05, 0) is 44.4 Å². The van der Waals surface area contributed by atoms with E-state index in [1.165, 1.54) is 4.90 Å². The normalized spacial score (nSPS) is 19.7. The van der Waals surface area contributed by atoms with Gasteiger partial charge in [0.05, 0.1) is 22.2 Å². The average molecular weight is 439 g/mol. The van der Waals surface area contributed by atoms with E-state index in [4.69, 9.17) is 27.9 Å². The summed E-state index contributed by atoms with van der Waals surface area (Å²) in [6, 6.07) is 5.06. The van der Waals surface area contributed by atoms with E-state index in [9.17, 15) is 14.4 Å². The molecule has 0 aromatic heterocycles. The molecule has 0 aliphatic carbocycles. The molecular formula is C21H24Cl2N2O4. The Kier molecular flexibility index (Phi) is 6.85. The Labute approximate surface area is 180 Å². The van der Waals surface area contributed by atoms with Gasteiger partial charge in [-0.3, -0.25) is 9.59 Å². The number of rotatable bonds is 5. The van der Waals surface area contributed by atoms with E-state index in [1.807, 2.05) is 0 Å². The third-order valence-electron chi connectivity index (χ3n) is 5.42. The molecule has 8 heteroatoms. The highest BCUT2D eigenvalue weighted by molar-refractivity contribution is 6.42. The van der Waals surface area contributed by atoms with Gasteiger partial charge in [0.2, 0.25) is 11.8 Å². The number of amides is 2. The summed E-state index contributed by atoms with van der Waals surface area (Å²) in [5.41, 5.74) is 1.53. The minimum Gasteiger partial charge on any atom is -0.463 e. The van der Waals surface area contributed by atoms with Crippen LogP contribution in [0.3, 0.4) is 0 Å². The smallest absolute Gasteiger partial charge is 0.336 e. The molecular weight excluding hydrogens is 415 g/mol. The third-order valence-corrected chi connectivity index (χ3v) is 6.16. The van der Waals surface area contributed by atoms with E-state index in [-0.39, 0.29) is 31.4 Å². The largest absolute Gasteiger partial charge is 0.463 e. The molecule has 1 unspecified atom stereocenters. The van der Waals surface area contributed by atoms with Gasteiger partial charge in [-0.2, -0.15) is 0 Å². The lowest BCUT2D eigenvalue weighted by Crippen LogP contribution is -2.44. The zero-order chi connectivity index (χ0) is 21.1. The molecule has 1 atom stereocenters. The van der Waals surface area contributed by atoms with Crippen LogP contribution in [0.25, 0.3) is 0 Å². The van der Waals surface area contributed by atoms with Crippen LogP contribution in [0.15, 0.2) is 29.5 Å². The number of benzene rings is 1. The number of halogens is 2. The highest BCUT2D eigenvalue weighted by atomic mass is 35.5. The van der Waals surface area contributed by atoms with Crippen molar-refractivity contribution in [2.75, 3.05) is 26.2 Å². The van der Waals surface area contributed by atoms with Crippen molar-refractivity contribution in [3.05, 3.63) is 45.1 Å². The summed E-state index contributed by atoms with van der Waals surface area (Å²) in [5.74, 6) is -1.31. The summed E-state index contributed by atoms with van der Waals surface area (Å²) in [5, 5.41) is 0.748. The molecule has 0 radical (unpaired) electrons. The standard InChI is InChI=1S/C21H24Cl2N2O4/c1-3-29-21(28)20-13(2)25(12-19(27)24-8-4-5-9-24)18(26)11-15(20)14-6-7-16(22)17(23)10-14/h6-7,10,15H,3-5,8-9,11-12H2,1-2H3. The van der Waals surface area contributed by atoms with Crippen molar-refractivity contribution < 1.29 is 19.1 Å². The second-order valence-corrected chi connectivity index (χ2v) is 8.03. The van der Waals surface area contributed by atoms with Crippen LogP contribution in [0.4, 0.5) is 0 Å². The van der Waals surface area contributed by atoms with Crippen LogP contribution in [0.5, 0.6) is 0 Å². The molecule has 0 spiro atoms. The molecule has 0 bridgehead atoms. The number of hydrogen-bond acceptors (Lipinski definition) is 4. The minimum absolute atomic E-state index is 0.0523. The van der Waals surface area contributed by atoms with Crippen molar-refractivity contribution in [2.45, 2.75) is 39.0 Å². The quantitative estimate of drug-likeness (QED) is 0.656. The Morgan fingerprint density at radius 3 is 2.48 bits per heavy atom. The first kappa shape index (κ1) is 21.7. The highest BCUT2D eigenvalue weighted by Crippen LogP contribution is 2.39. The molecule has 29 heavy (non-hydrogen) atoms. The molecule has 2 aliphatic rings. The van der Waals surface area contributed by atoms with Crippen LogP contribution in [0.1, 0.15) is 44.6 Å². The Hall–Kier alpha value is -2.05. The van der Waals surface area contributed by atoms with Gasteiger partial charge < -0.3 is 14.5 Å². The monoisotopic (exact) mass is 438 g/mol. The average Bonchev–Trinajstić information content (AvgIpc) is 3.21. The summed E-state index contributed by atoms with van der Waals surface area (Å²) in [6.45, 7) is 4.97. The van der Waals surface area contributed by atoms with Gasteiger partial charge in [-0.1, -0.05) is 29.3 Å². The number of nitrogens with zero attached hydrogens (tertiary/aromatic N) is 2. The first-order chi connectivity index (χ1) is 13.8. The van der Waals surface area contributed by atoms with Crippen LogP contribution in [0, 0.1) is 0 Å². The van der Waals surface area contributed by atoms with E-state index in [1.54, 1.807) is 36.9 Å². The molecule has 1 aromatic rings. The number of carbonyl (C=O) groups excluding carboxylic acids is 3. The summed E-state index contributed by atoms with van der Waals surface area (Å²) in [6.07, 6.45) is 2.00. The fourth-order valence-corrected chi connectivity index (χ4v) is 4.20. The summed E-state index contributed by atoms with van der Waals surface area (Å²) in [7, 11) is 0. The first-order valence-corrected chi connectivity index (χ1v) is 10.5. The molecule has 2 amide bonds. The predicted molar refractivity (Wildman–Crippen MR) is 111 cm³/mol. The molecule has 1 aromatic carbocycles. The molecule has 156 valence electrons. The van der Waals surface area contributed by atoms with Gasteiger partial charge in [0.1, 0.15) is 6.54 Å². The van der Waals surface area contributed by atoms with Crippen molar-refractivity contribution in [1.82, 2.24) is 9.80 Å². The lowest BCUT2D eigenvalue weighted by Gasteiger charge is -2.35. The fourth-order valence-electron chi connectivity index (χ4n) is 3.89. The number of esters is 1. The topological polar surface area (TPSA) is 66.9 Å². The Balaban J connectivity index is 1.97. The lowest BCUT2D eigenvalue weighted by atomic mass is 9.83. The maximum absolute atomic E-state index is 12.9. The van der Waals surface area contributed by atoms with E-state index in [0.717, 1.165) is 12.8 Å². The van der Waals surface area contributed by atoms with Crippen LogP contribution < -0.4 is 0 Å². The number of carbonyl (C=O) groups is 3. The molecule has 6 nitrogen and oxygen atoms in total. The molecule has 1 fully saturated rings. The zero-order valence-corrected chi connectivity index (χ0v) is 18.1. The minimum atomic E-state index is -0.505.